The van der Waals surface area contributed by atoms with Gasteiger partial charge in [-0.25, -0.2) is 9.31 Å². The fraction of sp³-hybridized carbons (Fsp3) is 0.389. The zero-order chi connectivity index (χ0) is 17.2. The van der Waals surface area contributed by atoms with Gasteiger partial charge in [0, 0.05) is 17.0 Å². The van der Waals surface area contributed by atoms with Gasteiger partial charge in [0.2, 0.25) is 4.96 Å². The summed E-state index contributed by atoms with van der Waals surface area (Å²) in [5.41, 5.74) is 3.28. The molecule has 2 heterocycles. The molecule has 4 rings (SSSR count). The monoisotopic (exact) mass is 355 g/mol. The van der Waals surface area contributed by atoms with Crippen molar-refractivity contribution in [1.82, 2.24) is 19.9 Å². The van der Waals surface area contributed by atoms with E-state index >= 15 is 0 Å². The number of carbonyl (C=O) groups excluding carboxylic acids is 1. The molecule has 0 spiro atoms. The Balaban J connectivity index is 1.49. The lowest BCUT2D eigenvalue weighted by Gasteiger charge is -2.22. The van der Waals surface area contributed by atoms with Gasteiger partial charge in [0.1, 0.15) is 0 Å². The molecule has 1 saturated carbocycles. The summed E-state index contributed by atoms with van der Waals surface area (Å²) in [6, 6.07) is 8.34. The number of nitrogens with zero attached hydrogens (tertiary/aromatic N) is 3. The van der Waals surface area contributed by atoms with Gasteiger partial charge in [0.15, 0.2) is 0 Å². The molecule has 1 aromatic carbocycles. The van der Waals surface area contributed by atoms with Gasteiger partial charge in [-0.05, 0) is 19.8 Å². The van der Waals surface area contributed by atoms with Crippen LogP contribution in [0.2, 0.25) is 0 Å². The van der Waals surface area contributed by atoms with Gasteiger partial charge < -0.3 is 5.32 Å². The molecule has 0 saturated heterocycles. The zero-order valence-corrected chi connectivity index (χ0v) is 15.0. The smallest absolute Gasteiger partial charge is 0.321 e. The van der Waals surface area contributed by atoms with E-state index < -0.39 is 0 Å². The van der Waals surface area contributed by atoms with Gasteiger partial charge in [-0.2, -0.15) is 4.98 Å². The minimum Gasteiger partial charge on any atom is -0.335 e. The third kappa shape index (κ3) is 3.51. The molecule has 1 fully saturated rings. The highest BCUT2D eigenvalue weighted by Gasteiger charge is 2.17. The quantitative estimate of drug-likeness (QED) is 0.739. The molecular weight excluding hydrogens is 334 g/mol. The second-order valence-corrected chi connectivity index (χ2v) is 7.39. The number of amides is 2. The maximum Gasteiger partial charge on any atom is 0.321 e. The van der Waals surface area contributed by atoms with Gasteiger partial charge in [0.25, 0.3) is 5.95 Å². The van der Waals surface area contributed by atoms with Crippen molar-refractivity contribution in [1.29, 1.82) is 0 Å². The highest BCUT2D eigenvalue weighted by Crippen LogP contribution is 2.26. The van der Waals surface area contributed by atoms with E-state index in [4.69, 9.17) is 0 Å². The normalized spacial score (nSPS) is 15.4. The molecule has 0 atom stereocenters. The van der Waals surface area contributed by atoms with E-state index in [0.29, 0.717) is 5.95 Å². The molecule has 7 heteroatoms. The lowest BCUT2D eigenvalue weighted by Crippen LogP contribution is -2.39. The molecule has 0 radical (unpaired) electrons. The number of carbonyl (C=O) groups is 1. The molecule has 1 aliphatic rings. The largest absolute Gasteiger partial charge is 0.335 e. The van der Waals surface area contributed by atoms with Crippen LogP contribution in [0.5, 0.6) is 0 Å². The van der Waals surface area contributed by atoms with Crippen molar-refractivity contribution >= 4 is 28.3 Å². The lowest BCUT2D eigenvalue weighted by molar-refractivity contribution is 0.244. The van der Waals surface area contributed by atoms with Gasteiger partial charge in [0.05, 0.1) is 5.69 Å². The molecule has 3 aromatic rings. The fourth-order valence-electron chi connectivity index (χ4n) is 3.23. The average molecular weight is 355 g/mol. The van der Waals surface area contributed by atoms with Gasteiger partial charge in [-0.3, -0.25) is 5.32 Å². The van der Waals surface area contributed by atoms with Crippen molar-refractivity contribution in [2.75, 3.05) is 5.32 Å². The van der Waals surface area contributed by atoms with Crippen molar-refractivity contribution in [2.45, 2.75) is 45.1 Å². The number of benzene rings is 1. The Bertz CT molecular complexity index is 877. The number of urea groups is 1. The highest BCUT2D eigenvalue weighted by atomic mass is 32.1. The summed E-state index contributed by atoms with van der Waals surface area (Å²) in [6.45, 7) is 2.06. The van der Waals surface area contributed by atoms with E-state index in [0.717, 1.165) is 29.1 Å². The number of nitrogens with one attached hydrogen (secondary N) is 2. The minimum absolute atomic E-state index is 0.220. The predicted molar refractivity (Wildman–Crippen MR) is 100 cm³/mol. The van der Waals surface area contributed by atoms with Crippen LogP contribution in [0.1, 0.15) is 37.7 Å². The maximum atomic E-state index is 12.2. The Morgan fingerprint density at radius 3 is 2.72 bits per heavy atom. The van der Waals surface area contributed by atoms with Crippen molar-refractivity contribution in [2.24, 2.45) is 0 Å². The minimum atomic E-state index is -0.220. The van der Waals surface area contributed by atoms with Crippen molar-refractivity contribution in [3.05, 3.63) is 35.2 Å². The first-order valence-corrected chi connectivity index (χ1v) is 9.56. The maximum absolute atomic E-state index is 12.2. The number of fused-ring (bicyclic) bond motifs is 1. The molecule has 1 aliphatic carbocycles. The molecule has 6 nitrogen and oxygen atoms in total. The number of hydrogen-bond donors (Lipinski definition) is 2. The number of thiazole rings is 1. The van der Waals surface area contributed by atoms with E-state index in [1.807, 2.05) is 5.38 Å². The third-order valence-electron chi connectivity index (χ3n) is 4.59. The topological polar surface area (TPSA) is 71.3 Å². The van der Waals surface area contributed by atoms with E-state index in [1.165, 1.54) is 36.2 Å². The van der Waals surface area contributed by atoms with Crippen LogP contribution in [0.4, 0.5) is 10.7 Å². The molecule has 0 bridgehead atoms. The number of anilines is 1. The summed E-state index contributed by atoms with van der Waals surface area (Å²) >= 11 is 1.51. The fourth-order valence-corrected chi connectivity index (χ4v) is 4.06. The van der Waals surface area contributed by atoms with Crippen LogP contribution >= 0.6 is 11.3 Å². The van der Waals surface area contributed by atoms with E-state index in [-0.39, 0.29) is 12.1 Å². The third-order valence-corrected chi connectivity index (χ3v) is 5.41. The summed E-state index contributed by atoms with van der Waals surface area (Å²) in [5.74, 6) is 0.341. The SMILES string of the molecule is Cc1ccc(-c2csc3nc(NC(=O)NC4CCCCC4)nn23)cc1. The van der Waals surface area contributed by atoms with Crippen molar-refractivity contribution in [3.63, 3.8) is 0 Å². The van der Waals surface area contributed by atoms with Crippen LogP contribution in [0.3, 0.4) is 0 Å². The van der Waals surface area contributed by atoms with Gasteiger partial charge in [-0.1, -0.05) is 49.1 Å². The Kier molecular flexibility index (Phi) is 4.40. The van der Waals surface area contributed by atoms with Crippen LogP contribution in [0.15, 0.2) is 29.6 Å². The summed E-state index contributed by atoms with van der Waals surface area (Å²) in [6.07, 6.45) is 5.74. The van der Waals surface area contributed by atoms with Crippen LogP contribution in [-0.4, -0.2) is 26.7 Å². The predicted octanol–water partition coefficient (Wildman–Crippen LogP) is 4.22. The number of rotatable bonds is 3. The second kappa shape index (κ2) is 6.84. The Hall–Kier alpha value is -2.41. The van der Waals surface area contributed by atoms with E-state index in [9.17, 15) is 4.79 Å². The summed E-state index contributed by atoms with van der Waals surface area (Å²) in [4.78, 5) is 17.3. The molecule has 2 aromatic heterocycles. The number of hydrogen-bond acceptors (Lipinski definition) is 4. The van der Waals surface area contributed by atoms with Crippen molar-refractivity contribution in [3.8, 4) is 11.3 Å². The van der Waals surface area contributed by atoms with E-state index in [1.54, 1.807) is 4.52 Å². The molecule has 25 heavy (non-hydrogen) atoms. The lowest BCUT2D eigenvalue weighted by atomic mass is 9.96. The second-order valence-electron chi connectivity index (χ2n) is 6.55. The Morgan fingerprint density at radius 2 is 1.96 bits per heavy atom. The van der Waals surface area contributed by atoms with E-state index in [2.05, 4.69) is 51.9 Å². The zero-order valence-electron chi connectivity index (χ0n) is 14.2. The van der Waals surface area contributed by atoms with Crippen LogP contribution in [0.25, 0.3) is 16.2 Å². The summed E-state index contributed by atoms with van der Waals surface area (Å²) in [7, 11) is 0. The molecule has 0 unspecified atom stereocenters. The Labute approximate surface area is 150 Å². The molecule has 2 amide bonds. The molecule has 2 N–H and O–H groups in total. The Morgan fingerprint density at radius 1 is 1.20 bits per heavy atom. The van der Waals surface area contributed by atoms with Crippen LogP contribution < -0.4 is 10.6 Å². The van der Waals surface area contributed by atoms with Gasteiger partial charge in [-0.15, -0.1) is 16.4 Å². The standard InChI is InChI=1S/C18H21N5OS/c1-12-7-9-13(10-8-12)15-11-25-18-21-16(22-23(15)18)20-17(24)19-14-5-3-2-4-6-14/h7-11,14H,2-6H2,1H3,(H2,19,20,22,24). The molecule has 0 aliphatic heterocycles. The average Bonchev–Trinajstić information content (AvgIpc) is 3.16. The summed E-state index contributed by atoms with van der Waals surface area (Å²) < 4.78 is 1.78. The van der Waals surface area contributed by atoms with Gasteiger partial charge >= 0.3 is 6.03 Å². The first-order chi connectivity index (χ1) is 12.2. The summed E-state index contributed by atoms with van der Waals surface area (Å²) in [5, 5.41) is 12.3. The highest BCUT2D eigenvalue weighted by molar-refractivity contribution is 7.15. The van der Waals surface area contributed by atoms with Crippen LogP contribution in [0, 0.1) is 6.92 Å². The number of aromatic nitrogens is 3. The van der Waals surface area contributed by atoms with Crippen LogP contribution in [-0.2, 0) is 0 Å². The first kappa shape index (κ1) is 16.1. The van der Waals surface area contributed by atoms with Crippen molar-refractivity contribution < 1.29 is 4.79 Å². The number of aryl methyl sites for hydroxylation is 1. The first-order valence-electron chi connectivity index (χ1n) is 8.68. The molecular formula is C18H21N5OS. The molecule has 130 valence electrons.